The van der Waals surface area contributed by atoms with Crippen LogP contribution in [0.1, 0.15) is 36.0 Å². The average molecular weight is 613 g/mol. The van der Waals surface area contributed by atoms with E-state index in [0.29, 0.717) is 56.8 Å². The third-order valence-corrected chi connectivity index (χ3v) is 10.1. The first kappa shape index (κ1) is 30.5. The van der Waals surface area contributed by atoms with Crippen LogP contribution in [0.2, 0.25) is 0 Å². The van der Waals surface area contributed by atoms with E-state index in [4.69, 9.17) is 15.2 Å². The summed E-state index contributed by atoms with van der Waals surface area (Å²) >= 11 is 0. The van der Waals surface area contributed by atoms with Crippen LogP contribution in [0.15, 0.2) is 23.0 Å². The van der Waals surface area contributed by atoms with Crippen molar-refractivity contribution in [3.63, 3.8) is 0 Å². The zero-order valence-corrected chi connectivity index (χ0v) is 25.4. The number of nitrogens with zero attached hydrogens (tertiary/aromatic N) is 3. The van der Waals surface area contributed by atoms with Gasteiger partial charge in [0.05, 0.1) is 24.8 Å². The Morgan fingerprint density at radius 2 is 1.73 bits per heavy atom. The number of likely N-dealkylation sites (tertiary alicyclic amines) is 1. The fraction of sp³-hybridized carbons (Fsp3) is 0.581. The molecular formula is C31H40N4O9. The maximum atomic E-state index is 14.2. The molecule has 2 heterocycles. The summed E-state index contributed by atoms with van der Waals surface area (Å²) in [5, 5.41) is 46.3. The van der Waals surface area contributed by atoms with Gasteiger partial charge >= 0.3 is 0 Å². The predicted octanol–water partition coefficient (Wildman–Crippen LogP) is 0.369. The zero-order valence-electron chi connectivity index (χ0n) is 25.4. The Labute approximate surface area is 255 Å². The van der Waals surface area contributed by atoms with Crippen molar-refractivity contribution in [3.8, 4) is 5.75 Å². The molecule has 0 bridgehead atoms. The van der Waals surface area contributed by atoms with E-state index in [1.807, 2.05) is 25.1 Å². The van der Waals surface area contributed by atoms with Crippen LogP contribution in [-0.2, 0) is 36.8 Å². The standard InChI is InChI=1S/C31H40N4O9/c1-33(2)19-13-16(14-35-7-5-30(6-8-35)43-9-10-44-30)24(36)21-17(19)11-15-12-18-23(34(3)4)26(38)22(29(32)41)28(40)31(18,42)27(39)20(15)25(21)37/h13,15,18,23,36-37,40,42H,5-12,14H2,1-4H3,(H2,32,41)/t15?,18?,23-,31-/m0/s1. The molecule has 4 atom stereocenters. The van der Waals surface area contributed by atoms with Gasteiger partial charge in [0.15, 0.2) is 17.2 Å². The minimum atomic E-state index is -2.67. The van der Waals surface area contributed by atoms with Crippen molar-refractivity contribution in [3.05, 3.63) is 39.7 Å². The summed E-state index contributed by atoms with van der Waals surface area (Å²) in [5.41, 5.74) is 3.79. The first-order valence-corrected chi connectivity index (χ1v) is 14.9. The Hall–Kier alpha value is -3.49. The van der Waals surface area contributed by atoms with E-state index >= 15 is 0 Å². The van der Waals surface area contributed by atoms with Crippen molar-refractivity contribution >= 4 is 28.9 Å². The van der Waals surface area contributed by atoms with Crippen LogP contribution in [0.3, 0.4) is 0 Å². The van der Waals surface area contributed by atoms with E-state index in [1.54, 1.807) is 14.1 Å². The van der Waals surface area contributed by atoms with E-state index in [2.05, 4.69) is 4.90 Å². The number of likely N-dealkylation sites (N-methyl/N-ethyl adjacent to an activating group) is 1. The zero-order chi connectivity index (χ0) is 31.9. The number of nitrogens with two attached hydrogens (primary N) is 1. The smallest absolute Gasteiger partial charge is 0.255 e. The van der Waals surface area contributed by atoms with Crippen LogP contribution in [0, 0.1) is 11.8 Å². The van der Waals surface area contributed by atoms with Gasteiger partial charge in [0, 0.05) is 69.3 Å². The van der Waals surface area contributed by atoms with Gasteiger partial charge in [0.25, 0.3) is 5.91 Å². The number of amides is 1. The fourth-order valence-corrected chi connectivity index (χ4v) is 7.94. The molecule has 1 amide bonds. The number of piperidine rings is 1. The van der Waals surface area contributed by atoms with Gasteiger partial charge < -0.3 is 40.5 Å². The number of Topliss-reactive ketones (excluding diaryl/α,β-unsaturated/α-hetero) is 2. The summed E-state index contributed by atoms with van der Waals surface area (Å²) in [6.07, 6.45) is 1.65. The van der Waals surface area contributed by atoms with Crippen LogP contribution in [0.25, 0.3) is 5.76 Å². The monoisotopic (exact) mass is 612 g/mol. The normalized spacial score (nSPS) is 30.1. The summed E-state index contributed by atoms with van der Waals surface area (Å²) in [5.74, 6) is -7.13. The summed E-state index contributed by atoms with van der Waals surface area (Å²) < 4.78 is 11.7. The molecule has 238 valence electrons. The maximum Gasteiger partial charge on any atom is 0.255 e. The van der Waals surface area contributed by atoms with E-state index in [0.717, 1.165) is 5.69 Å². The van der Waals surface area contributed by atoms with Crippen LogP contribution in [-0.4, -0.2) is 120 Å². The minimum absolute atomic E-state index is 0.0425. The molecule has 13 nitrogen and oxygen atoms in total. The topological polar surface area (TPSA) is 186 Å². The summed E-state index contributed by atoms with van der Waals surface area (Å²) in [6.45, 7) is 2.88. The van der Waals surface area contributed by atoms with Gasteiger partial charge in [0.1, 0.15) is 22.8 Å². The quantitative estimate of drug-likeness (QED) is 0.288. The number of aromatic hydroxyl groups is 1. The molecule has 5 aliphatic rings. The first-order chi connectivity index (χ1) is 20.7. The second-order valence-electron chi connectivity index (χ2n) is 13.0. The highest BCUT2D eigenvalue weighted by atomic mass is 16.7. The van der Waals surface area contributed by atoms with Crippen molar-refractivity contribution in [2.24, 2.45) is 17.6 Å². The lowest BCUT2D eigenvalue weighted by molar-refractivity contribution is -0.185. The van der Waals surface area contributed by atoms with E-state index < -0.39 is 63.8 Å². The van der Waals surface area contributed by atoms with E-state index in [1.165, 1.54) is 4.90 Å². The molecule has 2 aliphatic heterocycles. The Morgan fingerprint density at radius 1 is 1.09 bits per heavy atom. The summed E-state index contributed by atoms with van der Waals surface area (Å²) in [6, 6.07) is 0.765. The number of aliphatic hydroxyl groups excluding tert-OH is 2. The van der Waals surface area contributed by atoms with Gasteiger partial charge in [-0.15, -0.1) is 0 Å². The number of hydrogen-bond donors (Lipinski definition) is 5. The van der Waals surface area contributed by atoms with Gasteiger partial charge in [-0.2, -0.15) is 0 Å². The fourth-order valence-electron chi connectivity index (χ4n) is 7.94. The largest absolute Gasteiger partial charge is 0.508 e. The molecule has 3 fully saturated rings. The molecule has 2 unspecified atom stereocenters. The maximum absolute atomic E-state index is 14.2. The Kier molecular flexibility index (Phi) is 7.32. The number of fused-ring (bicyclic) bond motifs is 3. The molecule has 0 radical (unpaired) electrons. The van der Waals surface area contributed by atoms with Gasteiger partial charge in [-0.1, -0.05) is 0 Å². The highest BCUT2D eigenvalue weighted by Gasteiger charge is 2.64. The molecule has 1 aromatic rings. The Balaban J connectivity index is 1.43. The van der Waals surface area contributed by atoms with Crippen LogP contribution >= 0.6 is 0 Å². The molecule has 1 aromatic carbocycles. The number of carbonyl (C=O) groups excluding carboxylic acids is 3. The van der Waals surface area contributed by atoms with Crippen LogP contribution < -0.4 is 10.6 Å². The van der Waals surface area contributed by atoms with Gasteiger partial charge in [0.2, 0.25) is 5.78 Å². The van der Waals surface area contributed by atoms with E-state index in [9.17, 15) is 34.8 Å². The second-order valence-corrected chi connectivity index (χ2v) is 13.0. The number of phenolic OH excluding ortho intramolecular Hbond substituents is 1. The van der Waals surface area contributed by atoms with Crippen molar-refractivity contribution in [1.29, 1.82) is 0 Å². The molecule has 6 N–H and O–H groups in total. The lowest BCUT2D eigenvalue weighted by atomic mass is 9.57. The molecule has 44 heavy (non-hydrogen) atoms. The van der Waals surface area contributed by atoms with Gasteiger partial charge in [-0.25, -0.2) is 0 Å². The number of phenols is 1. The molecule has 2 saturated heterocycles. The predicted molar refractivity (Wildman–Crippen MR) is 158 cm³/mol. The molecule has 13 heteroatoms. The third kappa shape index (κ3) is 4.36. The van der Waals surface area contributed by atoms with Crippen molar-refractivity contribution in [2.75, 3.05) is 59.4 Å². The van der Waals surface area contributed by atoms with Crippen molar-refractivity contribution in [1.82, 2.24) is 9.80 Å². The SMILES string of the molecule is CN(C)c1cc(CN2CCC3(CC2)OCCO3)c(O)c2c1CC1CC3[C@H](N(C)C)C(=O)C(C(N)=O)=C(O)[C@@]3(O)C(=O)C1=C2O. The number of hydrogen-bond acceptors (Lipinski definition) is 12. The number of aliphatic hydroxyl groups is 3. The second kappa shape index (κ2) is 10.6. The third-order valence-electron chi connectivity index (χ3n) is 10.1. The highest BCUT2D eigenvalue weighted by Crippen LogP contribution is 2.54. The first-order valence-electron chi connectivity index (χ1n) is 14.9. The number of primary amides is 1. The number of ether oxygens (including phenoxy) is 2. The lowest BCUT2D eigenvalue weighted by Gasteiger charge is -2.50. The van der Waals surface area contributed by atoms with Gasteiger partial charge in [-0.3, -0.25) is 24.2 Å². The van der Waals surface area contributed by atoms with Crippen molar-refractivity contribution in [2.45, 2.75) is 49.7 Å². The Morgan fingerprint density at radius 3 is 2.30 bits per heavy atom. The lowest BCUT2D eigenvalue weighted by Crippen LogP contribution is -2.65. The van der Waals surface area contributed by atoms with Gasteiger partial charge in [-0.05, 0) is 44.5 Å². The average Bonchev–Trinajstić information content (AvgIpc) is 3.40. The number of ketones is 2. The Bertz CT molecular complexity index is 1500. The van der Waals surface area contributed by atoms with Crippen molar-refractivity contribution < 1.29 is 44.3 Å². The van der Waals surface area contributed by atoms with Crippen LogP contribution in [0.5, 0.6) is 5.75 Å². The number of anilines is 1. The summed E-state index contributed by atoms with van der Waals surface area (Å²) in [4.78, 5) is 45.2. The van der Waals surface area contributed by atoms with Crippen LogP contribution in [0.4, 0.5) is 5.69 Å². The molecule has 3 aliphatic carbocycles. The molecule has 0 aromatic heterocycles. The number of rotatable bonds is 5. The minimum Gasteiger partial charge on any atom is -0.508 e. The van der Waals surface area contributed by atoms with E-state index in [-0.39, 0.29) is 29.7 Å². The highest BCUT2D eigenvalue weighted by molar-refractivity contribution is 6.24. The number of benzene rings is 1. The molecular weight excluding hydrogens is 572 g/mol. The molecule has 1 saturated carbocycles. The molecule has 1 spiro atoms. The number of carbonyl (C=O) groups is 3. The molecule has 6 rings (SSSR count). The summed E-state index contributed by atoms with van der Waals surface area (Å²) in [7, 11) is 6.86.